The number of anilines is 1. The first-order valence-electron chi connectivity index (χ1n) is 6.80. The fourth-order valence-electron chi connectivity index (χ4n) is 2.26. The van der Waals surface area contributed by atoms with Crippen molar-refractivity contribution >= 4 is 23.5 Å². The normalized spacial score (nSPS) is 15.3. The molecular weight excluding hydrogens is 258 g/mol. The summed E-state index contributed by atoms with van der Waals surface area (Å²) in [4.78, 5) is 18.7. The molecule has 0 aliphatic carbocycles. The molecule has 0 bridgehead atoms. The number of likely N-dealkylation sites (tertiary alicyclic amines) is 1. The van der Waals surface area contributed by atoms with Crippen molar-refractivity contribution < 1.29 is 4.79 Å². The Hall–Kier alpha value is -1.23. The van der Waals surface area contributed by atoms with Crippen molar-refractivity contribution in [1.29, 1.82) is 0 Å². The minimum absolute atomic E-state index is 0.111. The standard InChI is InChI=1S/C14H21N3OS/c1-19-11-8-16-13-12(6-5-7-15-13)14(18)17-9-3-2-4-10-17/h5-7H,2-4,8-11H2,1H3,(H,15,16). The van der Waals surface area contributed by atoms with Gasteiger partial charge in [0, 0.05) is 31.6 Å². The summed E-state index contributed by atoms with van der Waals surface area (Å²) >= 11 is 1.78. The van der Waals surface area contributed by atoms with E-state index >= 15 is 0 Å². The van der Waals surface area contributed by atoms with Crippen molar-refractivity contribution in [3.05, 3.63) is 23.9 Å². The molecular formula is C14H21N3OS. The number of nitrogens with one attached hydrogen (secondary N) is 1. The molecule has 4 nitrogen and oxygen atoms in total. The Morgan fingerprint density at radius 2 is 2.21 bits per heavy atom. The minimum Gasteiger partial charge on any atom is -0.369 e. The number of nitrogens with zero attached hydrogens (tertiary/aromatic N) is 2. The van der Waals surface area contributed by atoms with Gasteiger partial charge in [0.1, 0.15) is 5.82 Å². The van der Waals surface area contributed by atoms with Crippen LogP contribution in [0.5, 0.6) is 0 Å². The van der Waals surface area contributed by atoms with E-state index in [4.69, 9.17) is 0 Å². The number of carbonyl (C=O) groups excluding carboxylic acids is 1. The second-order valence-corrected chi connectivity index (χ2v) is 5.66. The third-order valence-corrected chi connectivity index (χ3v) is 3.89. The largest absolute Gasteiger partial charge is 0.369 e. The van der Waals surface area contributed by atoms with Gasteiger partial charge in [-0.25, -0.2) is 4.98 Å². The first-order chi connectivity index (χ1) is 9.33. The average Bonchev–Trinajstić information content (AvgIpc) is 2.48. The number of aromatic nitrogens is 1. The molecule has 1 aromatic rings. The summed E-state index contributed by atoms with van der Waals surface area (Å²) < 4.78 is 0. The summed E-state index contributed by atoms with van der Waals surface area (Å²) in [6.07, 6.45) is 7.26. The lowest BCUT2D eigenvalue weighted by Crippen LogP contribution is -2.36. The Balaban J connectivity index is 2.07. The van der Waals surface area contributed by atoms with Crippen LogP contribution in [0.25, 0.3) is 0 Å². The fourth-order valence-corrected chi connectivity index (χ4v) is 2.56. The van der Waals surface area contributed by atoms with E-state index in [0.29, 0.717) is 11.4 Å². The van der Waals surface area contributed by atoms with Gasteiger partial charge in [0.15, 0.2) is 0 Å². The molecule has 5 heteroatoms. The van der Waals surface area contributed by atoms with Gasteiger partial charge in [-0.2, -0.15) is 11.8 Å². The smallest absolute Gasteiger partial charge is 0.257 e. The van der Waals surface area contributed by atoms with E-state index in [1.807, 2.05) is 17.0 Å². The van der Waals surface area contributed by atoms with Crippen LogP contribution in [0.2, 0.25) is 0 Å². The van der Waals surface area contributed by atoms with Crippen LogP contribution < -0.4 is 5.32 Å². The highest BCUT2D eigenvalue weighted by molar-refractivity contribution is 7.98. The average molecular weight is 279 g/mol. The Kier molecular flexibility index (Phi) is 5.51. The molecule has 0 unspecified atom stereocenters. The van der Waals surface area contributed by atoms with Crippen LogP contribution in [0, 0.1) is 0 Å². The molecule has 1 amide bonds. The lowest BCUT2D eigenvalue weighted by atomic mass is 10.1. The summed E-state index contributed by atoms with van der Waals surface area (Å²) in [7, 11) is 0. The number of hydrogen-bond acceptors (Lipinski definition) is 4. The third kappa shape index (κ3) is 3.86. The topological polar surface area (TPSA) is 45.2 Å². The molecule has 1 fully saturated rings. The summed E-state index contributed by atoms with van der Waals surface area (Å²) in [6, 6.07) is 3.70. The molecule has 1 N–H and O–H groups in total. The molecule has 1 saturated heterocycles. The van der Waals surface area contributed by atoms with Gasteiger partial charge in [-0.05, 0) is 37.7 Å². The molecule has 0 saturated carbocycles. The van der Waals surface area contributed by atoms with Crippen LogP contribution in [0.4, 0.5) is 5.82 Å². The van der Waals surface area contributed by atoms with Crippen LogP contribution in [-0.2, 0) is 0 Å². The van der Waals surface area contributed by atoms with Crippen molar-refractivity contribution in [3.63, 3.8) is 0 Å². The first-order valence-corrected chi connectivity index (χ1v) is 8.19. The van der Waals surface area contributed by atoms with Gasteiger partial charge in [-0.1, -0.05) is 0 Å². The monoisotopic (exact) mass is 279 g/mol. The van der Waals surface area contributed by atoms with Crippen LogP contribution in [0.15, 0.2) is 18.3 Å². The first kappa shape index (κ1) is 14.2. The Morgan fingerprint density at radius 1 is 1.42 bits per heavy atom. The van der Waals surface area contributed by atoms with Gasteiger partial charge in [0.05, 0.1) is 5.56 Å². The van der Waals surface area contributed by atoms with E-state index in [2.05, 4.69) is 16.6 Å². The highest BCUT2D eigenvalue weighted by Crippen LogP contribution is 2.17. The van der Waals surface area contributed by atoms with Crippen LogP contribution in [-0.4, -0.2) is 47.4 Å². The zero-order chi connectivity index (χ0) is 13.5. The predicted octanol–water partition coefficient (Wildman–Crippen LogP) is 2.48. The number of piperidine rings is 1. The highest BCUT2D eigenvalue weighted by atomic mass is 32.2. The van der Waals surface area contributed by atoms with E-state index in [-0.39, 0.29) is 5.91 Å². The lowest BCUT2D eigenvalue weighted by molar-refractivity contribution is 0.0725. The summed E-state index contributed by atoms with van der Waals surface area (Å²) in [6.45, 7) is 2.58. The summed E-state index contributed by atoms with van der Waals surface area (Å²) in [5, 5.41) is 3.25. The van der Waals surface area contributed by atoms with Gasteiger partial charge in [0.25, 0.3) is 5.91 Å². The van der Waals surface area contributed by atoms with Crippen molar-refractivity contribution in [1.82, 2.24) is 9.88 Å². The minimum atomic E-state index is 0.111. The van der Waals surface area contributed by atoms with E-state index in [9.17, 15) is 4.79 Å². The Bertz CT molecular complexity index is 419. The highest BCUT2D eigenvalue weighted by Gasteiger charge is 2.20. The lowest BCUT2D eigenvalue weighted by Gasteiger charge is -2.27. The molecule has 0 radical (unpaired) electrons. The molecule has 19 heavy (non-hydrogen) atoms. The number of thioether (sulfide) groups is 1. The summed E-state index contributed by atoms with van der Waals surface area (Å²) in [5.74, 6) is 1.83. The number of amides is 1. The van der Waals surface area contributed by atoms with Crippen LogP contribution in [0.1, 0.15) is 29.6 Å². The maximum atomic E-state index is 12.5. The van der Waals surface area contributed by atoms with E-state index in [1.165, 1.54) is 6.42 Å². The van der Waals surface area contributed by atoms with Gasteiger partial charge < -0.3 is 10.2 Å². The Morgan fingerprint density at radius 3 is 2.95 bits per heavy atom. The second kappa shape index (κ2) is 7.38. The van der Waals surface area contributed by atoms with E-state index in [0.717, 1.165) is 38.2 Å². The van der Waals surface area contributed by atoms with Crippen molar-refractivity contribution in [2.45, 2.75) is 19.3 Å². The SMILES string of the molecule is CSCCNc1ncccc1C(=O)N1CCCCC1. The van der Waals surface area contributed by atoms with E-state index < -0.39 is 0 Å². The number of carbonyl (C=O) groups is 1. The molecule has 1 aliphatic rings. The number of rotatable bonds is 5. The fraction of sp³-hybridized carbons (Fsp3) is 0.571. The molecule has 104 valence electrons. The summed E-state index contributed by atoms with van der Waals surface area (Å²) in [5.41, 5.74) is 0.700. The van der Waals surface area contributed by atoms with Crippen molar-refractivity contribution in [2.75, 3.05) is 37.0 Å². The van der Waals surface area contributed by atoms with Gasteiger partial charge in [-0.3, -0.25) is 4.79 Å². The number of pyridine rings is 1. The second-order valence-electron chi connectivity index (χ2n) is 4.67. The zero-order valence-electron chi connectivity index (χ0n) is 11.4. The molecule has 1 aliphatic heterocycles. The quantitative estimate of drug-likeness (QED) is 0.841. The number of hydrogen-bond donors (Lipinski definition) is 1. The Labute approximate surface area is 119 Å². The maximum absolute atomic E-state index is 12.5. The van der Waals surface area contributed by atoms with Crippen LogP contribution in [0.3, 0.4) is 0 Å². The molecule has 2 rings (SSSR count). The third-order valence-electron chi connectivity index (χ3n) is 3.28. The van der Waals surface area contributed by atoms with Crippen molar-refractivity contribution in [3.8, 4) is 0 Å². The molecule has 0 aromatic carbocycles. The van der Waals surface area contributed by atoms with Gasteiger partial charge in [0.2, 0.25) is 0 Å². The van der Waals surface area contributed by atoms with Gasteiger partial charge in [-0.15, -0.1) is 0 Å². The molecule has 1 aromatic heterocycles. The zero-order valence-corrected chi connectivity index (χ0v) is 12.2. The maximum Gasteiger partial charge on any atom is 0.257 e. The molecule has 2 heterocycles. The van der Waals surface area contributed by atoms with Gasteiger partial charge >= 0.3 is 0 Å². The van der Waals surface area contributed by atoms with Crippen LogP contribution >= 0.6 is 11.8 Å². The molecule has 0 atom stereocenters. The van der Waals surface area contributed by atoms with E-state index in [1.54, 1.807) is 18.0 Å². The molecule has 0 spiro atoms. The van der Waals surface area contributed by atoms with Crippen molar-refractivity contribution in [2.24, 2.45) is 0 Å². The predicted molar refractivity (Wildman–Crippen MR) is 80.9 cm³/mol.